The molecule has 2 saturated heterocycles. The van der Waals surface area contributed by atoms with Gasteiger partial charge in [0.15, 0.2) is 6.29 Å². The Balaban J connectivity index is 1.58. The van der Waals surface area contributed by atoms with Crippen molar-refractivity contribution in [3.05, 3.63) is 65.2 Å². The highest BCUT2D eigenvalue weighted by Gasteiger charge is 2.40. The van der Waals surface area contributed by atoms with Crippen molar-refractivity contribution in [2.75, 3.05) is 25.0 Å². The van der Waals surface area contributed by atoms with Gasteiger partial charge in [0.1, 0.15) is 0 Å². The molecule has 0 bridgehead atoms. The van der Waals surface area contributed by atoms with Crippen molar-refractivity contribution in [1.29, 1.82) is 0 Å². The molecule has 0 spiro atoms. The number of anilines is 1. The van der Waals surface area contributed by atoms with E-state index >= 15 is 0 Å². The molecular weight excluding hydrogens is 420 g/mol. The maximum Gasteiger partial charge on any atom is 0.221 e. The van der Waals surface area contributed by atoms with Crippen LogP contribution in [0.3, 0.4) is 0 Å². The van der Waals surface area contributed by atoms with Crippen LogP contribution in [0.1, 0.15) is 55.8 Å². The van der Waals surface area contributed by atoms with Crippen molar-refractivity contribution >= 4 is 11.6 Å². The van der Waals surface area contributed by atoms with Gasteiger partial charge in [-0.25, -0.2) is 0 Å². The summed E-state index contributed by atoms with van der Waals surface area (Å²) in [6.45, 7) is 5.50. The molecule has 2 fully saturated rings. The Hall–Kier alpha value is -2.29. The molecule has 1 amide bonds. The Labute approximate surface area is 195 Å². The van der Waals surface area contributed by atoms with Crippen molar-refractivity contribution in [3.8, 4) is 0 Å². The molecular formula is C26H34N2O5. The molecule has 0 radical (unpaired) electrons. The van der Waals surface area contributed by atoms with Crippen LogP contribution >= 0.6 is 0 Å². The molecule has 33 heavy (non-hydrogen) atoms. The van der Waals surface area contributed by atoms with Crippen LogP contribution in [0.4, 0.5) is 5.69 Å². The number of nitrogens with one attached hydrogen (secondary N) is 1. The number of amides is 1. The lowest BCUT2D eigenvalue weighted by atomic mass is 9.90. The van der Waals surface area contributed by atoms with Crippen LogP contribution in [0.2, 0.25) is 0 Å². The summed E-state index contributed by atoms with van der Waals surface area (Å²) in [4.78, 5) is 13.7. The first-order valence-corrected chi connectivity index (χ1v) is 11.7. The van der Waals surface area contributed by atoms with E-state index in [9.17, 15) is 15.0 Å². The number of hydrogen-bond donors (Lipinski definition) is 3. The predicted octanol–water partition coefficient (Wildman–Crippen LogP) is 3.39. The van der Waals surface area contributed by atoms with Gasteiger partial charge in [0, 0.05) is 36.7 Å². The molecule has 3 N–H and O–H groups in total. The maximum absolute atomic E-state index is 11.3. The zero-order valence-electron chi connectivity index (χ0n) is 19.3. The Morgan fingerprint density at radius 3 is 2.39 bits per heavy atom. The molecule has 2 aliphatic heterocycles. The zero-order chi connectivity index (χ0) is 23.4. The normalized spacial score (nSPS) is 28.1. The van der Waals surface area contributed by atoms with E-state index in [1.807, 2.05) is 48.5 Å². The molecule has 2 aromatic carbocycles. The van der Waals surface area contributed by atoms with E-state index in [2.05, 4.69) is 17.1 Å². The minimum absolute atomic E-state index is 0.00781. The average molecular weight is 455 g/mol. The van der Waals surface area contributed by atoms with E-state index in [0.717, 1.165) is 48.3 Å². The predicted molar refractivity (Wildman–Crippen MR) is 125 cm³/mol. The summed E-state index contributed by atoms with van der Waals surface area (Å²) >= 11 is 0. The van der Waals surface area contributed by atoms with Crippen molar-refractivity contribution in [3.63, 3.8) is 0 Å². The van der Waals surface area contributed by atoms with Crippen molar-refractivity contribution in [2.24, 2.45) is 5.92 Å². The van der Waals surface area contributed by atoms with Gasteiger partial charge in [0.25, 0.3) is 0 Å². The Morgan fingerprint density at radius 2 is 1.76 bits per heavy atom. The van der Waals surface area contributed by atoms with E-state index in [-0.39, 0.29) is 43.3 Å². The molecule has 5 atom stereocenters. The van der Waals surface area contributed by atoms with Crippen LogP contribution in [-0.4, -0.2) is 52.9 Å². The summed E-state index contributed by atoms with van der Waals surface area (Å²) < 4.78 is 13.0. The fourth-order valence-corrected chi connectivity index (χ4v) is 4.83. The van der Waals surface area contributed by atoms with E-state index in [1.165, 1.54) is 6.92 Å². The first kappa shape index (κ1) is 23.9. The summed E-state index contributed by atoms with van der Waals surface area (Å²) in [6.07, 6.45) is 1.30. The van der Waals surface area contributed by atoms with Gasteiger partial charge in [0.05, 0.1) is 25.4 Å². The fraction of sp³-hybridized carbons (Fsp3) is 0.500. The van der Waals surface area contributed by atoms with Gasteiger partial charge in [-0.3, -0.25) is 9.69 Å². The van der Waals surface area contributed by atoms with Gasteiger partial charge >= 0.3 is 0 Å². The molecule has 0 saturated carbocycles. The molecule has 0 aliphatic carbocycles. The Morgan fingerprint density at radius 1 is 1.06 bits per heavy atom. The van der Waals surface area contributed by atoms with Crippen LogP contribution in [0, 0.1) is 5.92 Å². The summed E-state index contributed by atoms with van der Waals surface area (Å²) in [7, 11) is 0. The molecule has 2 aliphatic rings. The molecule has 0 aromatic heterocycles. The van der Waals surface area contributed by atoms with E-state index < -0.39 is 6.29 Å². The number of benzene rings is 2. The number of likely N-dealkylation sites (tertiary alicyclic amines) is 1. The quantitative estimate of drug-likeness (QED) is 0.594. The number of ether oxygens (including phenoxy) is 2. The summed E-state index contributed by atoms with van der Waals surface area (Å²) in [5, 5.41) is 22.0. The van der Waals surface area contributed by atoms with Crippen LogP contribution < -0.4 is 5.32 Å². The molecule has 2 heterocycles. The number of aliphatic hydroxyl groups excluding tert-OH is 2. The first-order chi connectivity index (χ1) is 16.0. The summed E-state index contributed by atoms with van der Waals surface area (Å²) in [6, 6.07) is 15.6. The fourth-order valence-electron chi connectivity index (χ4n) is 4.83. The number of aliphatic hydroxyl groups is 2. The Kier molecular flexibility index (Phi) is 7.78. The highest BCUT2D eigenvalue weighted by Crippen LogP contribution is 2.42. The lowest BCUT2D eigenvalue weighted by Crippen LogP contribution is -2.46. The number of nitrogens with zero attached hydrogens (tertiary/aromatic N) is 1. The molecule has 0 unspecified atom stereocenters. The second kappa shape index (κ2) is 10.8. The highest BCUT2D eigenvalue weighted by atomic mass is 16.7. The Bertz CT molecular complexity index is 917. The van der Waals surface area contributed by atoms with Gasteiger partial charge in [-0.2, -0.15) is 0 Å². The minimum Gasteiger partial charge on any atom is -0.395 e. The molecule has 2 aromatic rings. The minimum atomic E-state index is -0.546. The van der Waals surface area contributed by atoms with Crippen molar-refractivity contribution in [1.82, 2.24) is 4.90 Å². The van der Waals surface area contributed by atoms with Crippen LogP contribution in [-0.2, 0) is 20.9 Å². The molecule has 4 rings (SSSR count). The number of hydrogen-bond acceptors (Lipinski definition) is 6. The van der Waals surface area contributed by atoms with Crippen molar-refractivity contribution in [2.45, 2.75) is 57.8 Å². The van der Waals surface area contributed by atoms with Crippen molar-refractivity contribution < 1.29 is 24.5 Å². The lowest BCUT2D eigenvalue weighted by molar-refractivity contribution is -0.276. The largest absolute Gasteiger partial charge is 0.395 e. The highest BCUT2D eigenvalue weighted by molar-refractivity contribution is 5.88. The third kappa shape index (κ3) is 5.62. The maximum atomic E-state index is 11.3. The van der Waals surface area contributed by atoms with Crippen LogP contribution in [0.25, 0.3) is 0 Å². The molecule has 7 nitrogen and oxygen atoms in total. The monoisotopic (exact) mass is 454 g/mol. The average Bonchev–Trinajstić information content (AvgIpc) is 3.28. The van der Waals surface area contributed by atoms with Gasteiger partial charge in [-0.1, -0.05) is 43.3 Å². The van der Waals surface area contributed by atoms with Crippen LogP contribution in [0.5, 0.6) is 0 Å². The first-order valence-electron chi connectivity index (χ1n) is 11.7. The van der Waals surface area contributed by atoms with Gasteiger partial charge < -0.3 is 25.0 Å². The van der Waals surface area contributed by atoms with Crippen LogP contribution in [0.15, 0.2) is 48.5 Å². The zero-order valence-corrected chi connectivity index (χ0v) is 19.3. The number of carbonyl (C=O) groups excluding carboxylic acids is 1. The second-order valence-electron chi connectivity index (χ2n) is 9.10. The van der Waals surface area contributed by atoms with E-state index in [1.54, 1.807) is 0 Å². The number of carbonyl (C=O) groups is 1. The van der Waals surface area contributed by atoms with Gasteiger partial charge in [0.2, 0.25) is 5.91 Å². The summed E-state index contributed by atoms with van der Waals surface area (Å²) in [5.41, 5.74) is 3.53. The SMILES string of the molecule is CC(=O)Nc1ccc([C@@H]2O[C@H](CN3CCC[C@H]3CO)[C@H](C)[C@H](c3ccc(CO)cc3)O2)cc1. The van der Waals surface area contributed by atoms with Gasteiger partial charge in [-0.15, -0.1) is 0 Å². The summed E-state index contributed by atoms with van der Waals surface area (Å²) in [5.74, 6) is -0.0166. The third-order valence-corrected chi connectivity index (χ3v) is 6.75. The number of rotatable bonds is 7. The van der Waals surface area contributed by atoms with Gasteiger partial charge in [-0.05, 0) is 42.6 Å². The second-order valence-corrected chi connectivity index (χ2v) is 9.10. The molecule has 7 heteroatoms. The molecule has 178 valence electrons. The van der Waals surface area contributed by atoms with E-state index in [0.29, 0.717) is 0 Å². The smallest absolute Gasteiger partial charge is 0.221 e. The van der Waals surface area contributed by atoms with E-state index in [4.69, 9.17) is 9.47 Å². The standard InChI is InChI=1S/C26H34N2O5/c1-17-24(14-28-13-3-4-23(28)16-30)32-26(21-9-11-22(12-10-21)27-18(2)31)33-25(17)20-7-5-19(15-29)6-8-20/h5-12,17,23-26,29-30H,3-4,13-16H2,1-2H3,(H,27,31)/t17-,23-,24+,25+,26+/m0/s1. The lowest BCUT2D eigenvalue weighted by Gasteiger charge is -2.43. The third-order valence-electron chi connectivity index (χ3n) is 6.75. The topological polar surface area (TPSA) is 91.3 Å².